The van der Waals surface area contributed by atoms with Gasteiger partial charge < -0.3 is 10.6 Å². The van der Waals surface area contributed by atoms with E-state index in [1.54, 1.807) is 0 Å². The zero-order valence-electron chi connectivity index (χ0n) is 10.8. The average molecular weight is 272 g/mol. The SMILES string of the molecule is CC1(CNC(=S)NC2CCCCC2)CCCS1. The van der Waals surface area contributed by atoms with Gasteiger partial charge in [0, 0.05) is 17.3 Å². The summed E-state index contributed by atoms with van der Waals surface area (Å²) in [5, 5.41) is 7.75. The maximum atomic E-state index is 5.39. The summed E-state index contributed by atoms with van der Waals surface area (Å²) in [4.78, 5) is 0. The predicted octanol–water partition coefficient (Wildman–Crippen LogP) is 3.07. The molecular weight excluding hydrogens is 248 g/mol. The van der Waals surface area contributed by atoms with Crippen LogP contribution in [0, 0.1) is 0 Å². The van der Waals surface area contributed by atoms with E-state index in [1.165, 1.54) is 50.7 Å². The Kier molecular flexibility index (Phi) is 4.97. The van der Waals surface area contributed by atoms with Crippen LogP contribution in [-0.4, -0.2) is 28.2 Å². The van der Waals surface area contributed by atoms with Crippen LogP contribution in [-0.2, 0) is 0 Å². The van der Waals surface area contributed by atoms with Crippen LogP contribution in [0.3, 0.4) is 0 Å². The smallest absolute Gasteiger partial charge is 0.166 e. The van der Waals surface area contributed by atoms with E-state index >= 15 is 0 Å². The summed E-state index contributed by atoms with van der Waals surface area (Å²) in [5.74, 6) is 1.31. The Hall–Kier alpha value is 0.0400. The maximum absolute atomic E-state index is 5.39. The highest BCUT2D eigenvalue weighted by atomic mass is 32.2. The van der Waals surface area contributed by atoms with Crippen molar-refractivity contribution in [3.63, 3.8) is 0 Å². The third-order valence-corrected chi connectivity index (χ3v) is 5.66. The molecule has 1 saturated carbocycles. The molecule has 0 amide bonds. The molecule has 1 saturated heterocycles. The molecule has 0 aromatic heterocycles. The summed E-state index contributed by atoms with van der Waals surface area (Å²) < 4.78 is 0.401. The van der Waals surface area contributed by atoms with Crippen LogP contribution in [0.5, 0.6) is 0 Å². The zero-order valence-corrected chi connectivity index (χ0v) is 12.4. The molecule has 1 aliphatic carbocycles. The highest BCUT2D eigenvalue weighted by Gasteiger charge is 2.29. The van der Waals surface area contributed by atoms with Gasteiger partial charge in [-0.3, -0.25) is 0 Å². The van der Waals surface area contributed by atoms with E-state index in [1.807, 2.05) is 0 Å². The topological polar surface area (TPSA) is 24.1 Å². The van der Waals surface area contributed by atoms with Gasteiger partial charge in [0.15, 0.2) is 5.11 Å². The normalized spacial score (nSPS) is 30.2. The zero-order chi connectivity index (χ0) is 12.1. The lowest BCUT2D eigenvalue weighted by molar-refractivity contribution is 0.411. The van der Waals surface area contributed by atoms with Gasteiger partial charge in [0.05, 0.1) is 0 Å². The van der Waals surface area contributed by atoms with E-state index in [9.17, 15) is 0 Å². The Bertz CT molecular complexity index is 256. The van der Waals surface area contributed by atoms with Gasteiger partial charge in [-0.15, -0.1) is 0 Å². The van der Waals surface area contributed by atoms with Crippen molar-refractivity contribution in [2.45, 2.75) is 62.7 Å². The average Bonchev–Trinajstić information content (AvgIpc) is 2.76. The number of hydrogen-bond acceptors (Lipinski definition) is 2. The Labute approximate surface area is 115 Å². The molecule has 2 N–H and O–H groups in total. The van der Waals surface area contributed by atoms with Crippen LogP contribution in [0.15, 0.2) is 0 Å². The van der Waals surface area contributed by atoms with Gasteiger partial charge in [0.1, 0.15) is 0 Å². The highest BCUT2D eigenvalue weighted by molar-refractivity contribution is 8.00. The van der Waals surface area contributed by atoms with E-state index in [4.69, 9.17) is 12.2 Å². The van der Waals surface area contributed by atoms with Crippen LogP contribution in [0.4, 0.5) is 0 Å². The lowest BCUT2D eigenvalue weighted by Crippen LogP contribution is -2.46. The number of nitrogens with one attached hydrogen (secondary N) is 2. The van der Waals surface area contributed by atoms with Crippen molar-refractivity contribution in [3.8, 4) is 0 Å². The summed E-state index contributed by atoms with van der Waals surface area (Å²) in [5.41, 5.74) is 0. The molecule has 2 aliphatic rings. The number of thiocarbonyl (C=S) groups is 1. The van der Waals surface area contributed by atoms with Crippen molar-refractivity contribution in [2.75, 3.05) is 12.3 Å². The number of hydrogen-bond donors (Lipinski definition) is 2. The van der Waals surface area contributed by atoms with Crippen molar-refractivity contribution in [1.29, 1.82) is 0 Å². The first-order chi connectivity index (χ1) is 8.18. The Morgan fingerprint density at radius 2 is 2.06 bits per heavy atom. The molecule has 1 heterocycles. The van der Waals surface area contributed by atoms with Crippen molar-refractivity contribution in [2.24, 2.45) is 0 Å². The summed E-state index contributed by atoms with van der Waals surface area (Å²) in [6.45, 7) is 3.36. The van der Waals surface area contributed by atoms with Crippen molar-refractivity contribution < 1.29 is 0 Å². The van der Waals surface area contributed by atoms with E-state index in [0.717, 1.165) is 11.7 Å². The summed E-state index contributed by atoms with van der Waals surface area (Å²) in [6, 6.07) is 0.618. The molecule has 2 nitrogen and oxygen atoms in total. The van der Waals surface area contributed by atoms with Crippen LogP contribution in [0.1, 0.15) is 51.9 Å². The van der Waals surface area contributed by atoms with Crippen molar-refractivity contribution in [3.05, 3.63) is 0 Å². The molecule has 2 fully saturated rings. The fourth-order valence-electron chi connectivity index (χ4n) is 2.73. The van der Waals surface area contributed by atoms with Gasteiger partial charge in [0.25, 0.3) is 0 Å². The lowest BCUT2D eigenvalue weighted by Gasteiger charge is -2.27. The number of thioether (sulfide) groups is 1. The minimum absolute atomic E-state index is 0.401. The van der Waals surface area contributed by atoms with Gasteiger partial charge in [-0.2, -0.15) is 11.8 Å². The fraction of sp³-hybridized carbons (Fsp3) is 0.923. The molecule has 0 bridgehead atoms. The van der Waals surface area contributed by atoms with Crippen LogP contribution >= 0.6 is 24.0 Å². The van der Waals surface area contributed by atoms with Crippen LogP contribution in [0.25, 0.3) is 0 Å². The Morgan fingerprint density at radius 3 is 2.71 bits per heavy atom. The van der Waals surface area contributed by atoms with Crippen molar-refractivity contribution >= 4 is 29.1 Å². The quantitative estimate of drug-likeness (QED) is 0.771. The summed E-state index contributed by atoms with van der Waals surface area (Å²) in [6.07, 6.45) is 9.35. The maximum Gasteiger partial charge on any atom is 0.166 e. The third-order valence-electron chi connectivity index (χ3n) is 3.86. The second-order valence-corrected chi connectivity index (χ2v) is 7.65. The molecule has 4 heteroatoms. The van der Waals surface area contributed by atoms with Gasteiger partial charge in [-0.05, 0) is 50.6 Å². The van der Waals surface area contributed by atoms with E-state index in [-0.39, 0.29) is 0 Å². The van der Waals surface area contributed by atoms with Gasteiger partial charge in [0.2, 0.25) is 0 Å². The molecule has 0 radical (unpaired) electrons. The molecule has 1 aliphatic heterocycles. The lowest BCUT2D eigenvalue weighted by atomic mass is 9.96. The van der Waals surface area contributed by atoms with E-state index in [0.29, 0.717) is 10.8 Å². The molecule has 0 spiro atoms. The minimum atomic E-state index is 0.401. The van der Waals surface area contributed by atoms with Gasteiger partial charge >= 0.3 is 0 Å². The second-order valence-electron chi connectivity index (χ2n) is 5.56. The molecule has 98 valence electrons. The first kappa shape index (κ1) is 13.5. The standard InChI is InChI=1S/C13H24N2S2/c1-13(8-5-9-17-13)10-14-12(16)15-11-6-3-2-4-7-11/h11H,2-10H2,1H3,(H2,14,15,16). The monoisotopic (exact) mass is 272 g/mol. The van der Waals surface area contributed by atoms with E-state index < -0.39 is 0 Å². The fourth-order valence-corrected chi connectivity index (χ4v) is 4.21. The molecule has 0 aromatic rings. The minimum Gasteiger partial charge on any atom is -0.361 e. The first-order valence-corrected chi connectivity index (χ1v) is 8.26. The molecule has 1 atom stereocenters. The Balaban J connectivity index is 1.66. The predicted molar refractivity (Wildman–Crippen MR) is 80.7 cm³/mol. The summed E-state index contributed by atoms with van der Waals surface area (Å²) >= 11 is 7.47. The second kappa shape index (κ2) is 6.28. The van der Waals surface area contributed by atoms with Crippen LogP contribution < -0.4 is 10.6 Å². The number of rotatable bonds is 3. The third kappa shape index (κ3) is 4.32. The van der Waals surface area contributed by atoms with Crippen LogP contribution in [0.2, 0.25) is 0 Å². The molecule has 0 aromatic carbocycles. The summed E-state index contributed by atoms with van der Waals surface area (Å²) in [7, 11) is 0. The first-order valence-electron chi connectivity index (χ1n) is 6.86. The Morgan fingerprint density at radius 1 is 1.29 bits per heavy atom. The van der Waals surface area contributed by atoms with Gasteiger partial charge in [-0.1, -0.05) is 19.3 Å². The molecule has 2 rings (SSSR count). The van der Waals surface area contributed by atoms with E-state index in [2.05, 4.69) is 29.3 Å². The van der Waals surface area contributed by atoms with Crippen molar-refractivity contribution in [1.82, 2.24) is 10.6 Å². The largest absolute Gasteiger partial charge is 0.361 e. The molecule has 17 heavy (non-hydrogen) atoms. The molecule has 1 unspecified atom stereocenters. The highest BCUT2D eigenvalue weighted by Crippen LogP contribution is 2.36. The molecular formula is C13H24N2S2. The van der Waals surface area contributed by atoms with Gasteiger partial charge in [-0.25, -0.2) is 0 Å².